The third-order valence-corrected chi connectivity index (χ3v) is 4.22. The van der Waals surface area contributed by atoms with Gasteiger partial charge in [0.25, 0.3) is 5.91 Å². The first kappa shape index (κ1) is 16.9. The zero-order valence-electron chi connectivity index (χ0n) is 14.3. The zero-order valence-corrected chi connectivity index (χ0v) is 15.0. The minimum absolute atomic E-state index is 0.0237. The van der Waals surface area contributed by atoms with Gasteiger partial charge in [0.2, 0.25) is 5.82 Å². The van der Waals surface area contributed by atoms with E-state index < -0.39 is 0 Å². The predicted octanol–water partition coefficient (Wildman–Crippen LogP) is 2.87. The number of carbonyl (C=O) groups is 1. The Kier molecular flexibility index (Phi) is 4.36. The Hall–Kier alpha value is -1.92. The number of carbonyl (C=O) groups excluding carboxylic acids is 1. The van der Waals surface area contributed by atoms with E-state index in [1.165, 1.54) is 0 Å². The van der Waals surface area contributed by atoms with Crippen molar-refractivity contribution in [2.75, 3.05) is 13.1 Å². The van der Waals surface area contributed by atoms with Gasteiger partial charge < -0.3 is 9.64 Å². The van der Waals surface area contributed by atoms with Crippen LogP contribution in [0.3, 0.4) is 0 Å². The molecule has 0 spiro atoms. The molecule has 128 valence electrons. The third-order valence-electron chi connectivity index (χ3n) is 3.90. The summed E-state index contributed by atoms with van der Waals surface area (Å²) in [5.74, 6) is 0.608. The summed E-state index contributed by atoms with van der Waals surface area (Å²) in [6.45, 7) is 8.76. The summed E-state index contributed by atoms with van der Waals surface area (Å²) in [7, 11) is 0. The van der Waals surface area contributed by atoms with E-state index in [4.69, 9.17) is 16.3 Å². The number of hydrogen-bond acceptors (Lipinski definition) is 4. The Morgan fingerprint density at radius 1 is 1.38 bits per heavy atom. The summed E-state index contributed by atoms with van der Waals surface area (Å²) < 4.78 is 7.45. The smallest absolute Gasteiger partial charge is 0.293 e. The molecule has 1 aromatic heterocycles. The van der Waals surface area contributed by atoms with Crippen LogP contribution < -0.4 is 0 Å². The Balaban J connectivity index is 1.90. The number of halogens is 1. The Labute approximate surface area is 146 Å². The van der Waals surface area contributed by atoms with Crippen LogP contribution in [0.1, 0.15) is 37.2 Å². The Morgan fingerprint density at radius 3 is 2.75 bits per heavy atom. The second kappa shape index (κ2) is 6.18. The van der Waals surface area contributed by atoms with Gasteiger partial charge in [0, 0.05) is 13.1 Å². The van der Waals surface area contributed by atoms with Gasteiger partial charge in [0.15, 0.2) is 0 Å². The molecule has 0 N–H and O–H groups in total. The summed E-state index contributed by atoms with van der Waals surface area (Å²) in [6, 6.07) is 7.35. The van der Waals surface area contributed by atoms with Crippen LogP contribution in [0.5, 0.6) is 0 Å². The lowest BCUT2D eigenvalue weighted by Crippen LogP contribution is -2.54. The van der Waals surface area contributed by atoms with Crippen molar-refractivity contribution in [3.05, 3.63) is 40.9 Å². The van der Waals surface area contributed by atoms with Gasteiger partial charge in [0.05, 0.1) is 22.4 Å². The number of hydrogen-bond donors (Lipinski definition) is 0. The summed E-state index contributed by atoms with van der Waals surface area (Å²) in [4.78, 5) is 18.9. The van der Waals surface area contributed by atoms with Crippen molar-refractivity contribution in [3.8, 4) is 5.69 Å². The fraction of sp³-hybridized carbons (Fsp3) is 0.471. The van der Waals surface area contributed by atoms with Crippen molar-refractivity contribution in [1.82, 2.24) is 19.7 Å². The lowest BCUT2D eigenvalue weighted by Gasteiger charge is -2.41. The van der Waals surface area contributed by atoms with Gasteiger partial charge >= 0.3 is 0 Å². The first-order valence-electron chi connectivity index (χ1n) is 7.92. The van der Waals surface area contributed by atoms with E-state index in [0.29, 0.717) is 29.6 Å². The molecule has 2 heterocycles. The Bertz CT molecular complexity index is 772. The topological polar surface area (TPSA) is 60.3 Å². The zero-order chi connectivity index (χ0) is 17.5. The van der Waals surface area contributed by atoms with Gasteiger partial charge in [-0.05, 0) is 39.8 Å². The van der Waals surface area contributed by atoms with Crippen LogP contribution in [0.15, 0.2) is 24.3 Å². The van der Waals surface area contributed by atoms with E-state index in [9.17, 15) is 4.79 Å². The number of ether oxygens (including phenoxy) is 1. The molecule has 0 bridgehead atoms. The molecule has 1 aliphatic heterocycles. The number of nitrogens with zero attached hydrogens (tertiary/aromatic N) is 4. The summed E-state index contributed by atoms with van der Waals surface area (Å²) in [5, 5.41) is 4.94. The minimum Gasteiger partial charge on any atom is -0.369 e. The van der Waals surface area contributed by atoms with Gasteiger partial charge in [-0.15, -0.1) is 5.10 Å². The highest BCUT2D eigenvalue weighted by Crippen LogP contribution is 2.23. The quantitative estimate of drug-likeness (QED) is 0.837. The second-order valence-corrected chi connectivity index (χ2v) is 7.13. The highest BCUT2D eigenvalue weighted by molar-refractivity contribution is 6.32. The molecule has 7 heteroatoms. The van der Waals surface area contributed by atoms with E-state index in [-0.39, 0.29) is 23.4 Å². The average molecular weight is 349 g/mol. The van der Waals surface area contributed by atoms with E-state index in [1.807, 2.05) is 39.0 Å². The van der Waals surface area contributed by atoms with E-state index in [0.717, 1.165) is 0 Å². The molecular formula is C17H21ClN4O2. The Morgan fingerprint density at radius 2 is 2.08 bits per heavy atom. The number of morpholine rings is 1. The third kappa shape index (κ3) is 3.30. The molecule has 6 nitrogen and oxygen atoms in total. The summed E-state index contributed by atoms with van der Waals surface area (Å²) in [5.41, 5.74) is 0.326. The number of rotatable bonds is 2. The van der Waals surface area contributed by atoms with Crippen LogP contribution in [0.25, 0.3) is 5.69 Å². The average Bonchev–Trinajstić information content (AvgIpc) is 2.86. The molecular weight excluding hydrogens is 328 g/mol. The number of aromatic nitrogens is 3. The molecule has 0 unspecified atom stereocenters. The van der Waals surface area contributed by atoms with Crippen molar-refractivity contribution < 1.29 is 9.53 Å². The van der Waals surface area contributed by atoms with Crippen molar-refractivity contribution >= 4 is 17.5 Å². The van der Waals surface area contributed by atoms with Gasteiger partial charge in [-0.3, -0.25) is 4.79 Å². The first-order chi connectivity index (χ1) is 11.3. The monoisotopic (exact) mass is 348 g/mol. The normalized spacial score (nSPS) is 20.2. The largest absolute Gasteiger partial charge is 0.369 e. The van der Waals surface area contributed by atoms with Crippen LogP contribution in [-0.2, 0) is 4.74 Å². The molecule has 1 aromatic carbocycles. The fourth-order valence-electron chi connectivity index (χ4n) is 3.08. The van der Waals surface area contributed by atoms with Crippen LogP contribution in [0.4, 0.5) is 0 Å². The SMILES string of the molecule is Cc1nc(C(=O)N2C[C@@H](C)OC(C)(C)C2)nn1-c1ccccc1Cl. The van der Waals surface area contributed by atoms with E-state index in [1.54, 1.807) is 22.6 Å². The lowest BCUT2D eigenvalue weighted by atomic mass is 10.1. The number of benzene rings is 1. The molecule has 1 fully saturated rings. The maximum atomic E-state index is 12.8. The highest BCUT2D eigenvalue weighted by Gasteiger charge is 2.35. The maximum Gasteiger partial charge on any atom is 0.293 e. The molecule has 0 saturated carbocycles. The maximum absolute atomic E-state index is 12.8. The summed E-state index contributed by atoms with van der Waals surface area (Å²) in [6.07, 6.45) is -0.0237. The van der Waals surface area contributed by atoms with Crippen molar-refractivity contribution in [3.63, 3.8) is 0 Å². The lowest BCUT2D eigenvalue weighted by molar-refractivity contribution is -0.119. The number of amides is 1. The van der Waals surface area contributed by atoms with E-state index in [2.05, 4.69) is 10.1 Å². The molecule has 24 heavy (non-hydrogen) atoms. The molecule has 1 amide bonds. The van der Waals surface area contributed by atoms with Gasteiger partial charge in [-0.1, -0.05) is 23.7 Å². The van der Waals surface area contributed by atoms with Crippen molar-refractivity contribution in [2.45, 2.75) is 39.4 Å². The first-order valence-corrected chi connectivity index (χ1v) is 8.30. The van der Waals surface area contributed by atoms with Crippen LogP contribution in [0.2, 0.25) is 5.02 Å². The van der Waals surface area contributed by atoms with Crippen LogP contribution in [0, 0.1) is 6.92 Å². The molecule has 1 atom stereocenters. The van der Waals surface area contributed by atoms with Gasteiger partial charge in [-0.25, -0.2) is 9.67 Å². The molecule has 0 aliphatic carbocycles. The van der Waals surface area contributed by atoms with Crippen molar-refractivity contribution in [1.29, 1.82) is 0 Å². The minimum atomic E-state index is -0.381. The van der Waals surface area contributed by atoms with E-state index >= 15 is 0 Å². The second-order valence-electron chi connectivity index (χ2n) is 6.72. The highest BCUT2D eigenvalue weighted by atomic mass is 35.5. The van der Waals surface area contributed by atoms with Crippen LogP contribution in [-0.4, -0.2) is 50.4 Å². The number of para-hydroxylation sites is 1. The van der Waals surface area contributed by atoms with Gasteiger partial charge in [0.1, 0.15) is 5.82 Å². The molecule has 2 aromatic rings. The predicted molar refractivity (Wildman–Crippen MR) is 91.6 cm³/mol. The van der Waals surface area contributed by atoms with Crippen molar-refractivity contribution in [2.24, 2.45) is 0 Å². The summed E-state index contributed by atoms with van der Waals surface area (Å²) >= 11 is 6.22. The molecule has 3 rings (SSSR count). The standard InChI is InChI=1S/C17H21ClN4O2/c1-11-9-21(10-17(3,4)24-11)16(23)15-19-12(2)22(20-15)14-8-6-5-7-13(14)18/h5-8,11H,9-10H2,1-4H3/t11-/m1/s1. The molecule has 1 saturated heterocycles. The molecule has 0 radical (unpaired) electrons. The van der Waals surface area contributed by atoms with Crippen LogP contribution >= 0.6 is 11.6 Å². The fourth-order valence-corrected chi connectivity index (χ4v) is 3.30. The van der Waals surface area contributed by atoms with Gasteiger partial charge in [-0.2, -0.15) is 0 Å². The number of aryl methyl sites for hydroxylation is 1. The molecule has 1 aliphatic rings.